The van der Waals surface area contributed by atoms with E-state index in [-0.39, 0.29) is 29.6 Å². The lowest BCUT2D eigenvalue weighted by Gasteiger charge is -2.14. The Kier molecular flexibility index (Phi) is 7.52. The number of alkyl halides is 1. The fraction of sp³-hybridized carbons (Fsp3) is 0.222. The number of aromatic amines is 1. The van der Waals surface area contributed by atoms with Gasteiger partial charge < -0.3 is 20.9 Å². The van der Waals surface area contributed by atoms with Gasteiger partial charge in [0, 0.05) is 39.3 Å². The van der Waals surface area contributed by atoms with Crippen LogP contribution in [0.3, 0.4) is 0 Å². The number of benzene rings is 2. The summed E-state index contributed by atoms with van der Waals surface area (Å²) in [5.41, 5.74) is 6.06. The molecule has 0 unspecified atom stereocenters. The molecule has 1 aromatic heterocycles. The fourth-order valence-electron chi connectivity index (χ4n) is 4.23. The highest BCUT2D eigenvalue weighted by atomic mass is 35.5. The summed E-state index contributed by atoms with van der Waals surface area (Å²) in [6, 6.07) is 12.6. The monoisotopic (exact) mass is 524 g/mol. The third kappa shape index (κ3) is 5.48. The van der Waals surface area contributed by atoms with Crippen molar-refractivity contribution >= 4 is 63.9 Å². The number of hydrogen-bond donors (Lipinski definition) is 4. The maximum atomic E-state index is 13.0. The number of aromatic nitrogens is 1. The van der Waals surface area contributed by atoms with Gasteiger partial charge in [-0.3, -0.25) is 14.4 Å². The summed E-state index contributed by atoms with van der Waals surface area (Å²) < 4.78 is 0. The molecule has 36 heavy (non-hydrogen) atoms. The van der Waals surface area contributed by atoms with Gasteiger partial charge in [0.05, 0.1) is 11.3 Å². The lowest BCUT2D eigenvalue weighted by atomic mass is 10.0. The average molecular weight is 525 g/mol. The van der Waals surface area contributed by atoms with Crippen molar-refractivity contribution < 1.29 is 14.4 Å². The van der Waals surface area contributed by atoms with Crippen molar-refractivity contribution in [2.75, 3.05) is 16.5 Å². The number of amides is 3. The Hall–Kier alpha value is -3.55. The molecule has 3 aromatic rings. The van der Waals surface area contributed by atoms with Crippen LogP contribution >= 0.6 is 23.2 Å². The molecule has 1 atom stereocenters. The molecule has 2 heterocycles. The minimum atomic E-state index is -0.314. The number of hydrogen-bond acceptors (Lipinski definition) is 3. The standard InChI is InChI=1S/C27H26Cl2N4O3/c1-14(10-17-4-7-19(29)8-5-17)30-26(35)18-6-9-22-20(11-18)21(27(36)32-22)12-23-15(2)25(16(3)31-23)33-24(34)13-28/h4-9,11-12,14,31H,10,13H2,1-3H3,(H,30,35)(H,32,36)(H,33,34)/b21-12-/t14-/m1/s1. The van der Waals surface area contributed by atoms with Crippen LogP contribution in [0.1, 0.15) is 45.4 Å². The summed E-state index contributed by atoms with van der Waals surface area (Å²) in [7, 11) is 0. The number of carbonyl (C=O) groups excluding carboxylic acids is 3. The number of nitrogens with one attached hydrogen (secondary N) is 4. The molecular weight excluding hydrogens is 499 g/mol. The minimum absolute atomic E-state index is 0.104. The molecule has 186 valence electrons. The molecule has 7 nitrogen and oxygen atoms in total. The molecule has 0 saturated heterocycles. The van der Waals surface area contributed by atoms with Crippen LogP contribution in [0.5, 0.6) is 0 Å². The Morgan fingerprint density at radius 3 is 2.53 bits per heavy atom. The van der Waals surface area contributed by atoms with Gasteiger partial charge in [-0.1, -0.05) is 23.7 Å². The van der Waals surface area contributed by atoms with Gasteiger partial charge in [0.15, 0.2) is 0 Å². The van der Waals surface area contributed by atoms with Crippen molar-refractivity contribution in [3.05, 3.63) is 81.1 Å². The van der Waals surface area contributed by atoms with Gasteiger partial charge in [-0.25, -0.2) is 0 Å². The quantitative estimate of drug-likeness (QED) is 0.248. The second-order valence-electron chi connectivity index (χ2n) is 8.82. The smallest absolute Gasteiger partial charge is 0.256 e. The van der Waals surface area contributed by atoms with Gasteiger partial charge in [-0.2, -0.15) is 0 Å². The molecule has 0 radical (unpaired) electrons. The average Bonchev–Trinajstić information content (AvgIpc) is 3.30. The Balaban J connectivity index is 1.56. The number of fused-ring (bicyclic) bond motifs is 1. The summed E-state index contributed by atoms with van der Waals surface area (Å²) in [5.74, 6) is -0.960. The fourth-order valence-corrected chi connectivity index (χ4v) is 4.42. The molecule has 9 heteroatoms. The van der Waals surface area contributed by atoms with Crippen molar-refractivity contribution in [2.24, 2.45) is 0 Å². The highest BCUT2D eigenvalue weighted by Gasteiger charge is 2.26. The number of carbonyl (C=O) groups is 3. The van der Waals surface area contributed by atoms with Gasteiger partial charge in [0.1, 0.15) is 5.88 Å². The zero-order chi connectivity index (χ0) is 26.0. The molecular formula is C27H26Cl2N4O3. The molecule has 0 aliphatic carbocycles. The van der Waals surface area contributed by atoms with Crippen molar-refractivity contribution in [3.8, 4) is 0 Å². The summed E-state index contributed by atoms with van der Waals surface area (Å²) in [6.07, 6.45) is 2.39. The van der Waals surface area contributed by atoms with E-state index < -0.39 is 0 Å². The highest BCUT2D eigenvalue weighted by molar-refractivity contribution is 6.35. The van der Waals surface area contributed by atoms with Crippen LogP contribution in [0, 0.1) is 13.8 Å². The number of halogens is 2. The summed E-state index contributed by atoms with van der Waals surface area (Å²) >= 11 is 11.6. The van der Waals surface area contributed by atoms with Gasteiger partial charge in [0.25, 0.3) is 11.8 Å². The zero-order valence-corrected chi connectivity index (χ0v) is 21.6. The molecule has 0 saturated carbocycles. The molecule has 4 rings (SSSR count). The van der Waals surface area contributed by atoms with E-state index in [2.05, 4.69) is 20.9 Å². The van der Waals surface area contributed by atoms with E-state index >= 15 is 0 Å². The molecule has 3 amide bonds. The van der Waals surface area contributed by atoms with Crippen LogP contribution in [-0.2, 0) is 16.0 Å². The molecule has 0 fully saturated rings. The molecule has 2 aromatic carbocycles. The Morgan fingerprint density at radius 1 is 1.11 bits per heavy atom. The van der Waals surface area contributed by atoms with Gasteiger partial charge >= 0.3 is 0 Å². The topological polar surface area (TPSA) is 103 Å². The van der Waals surface area contributed by atoms with Crippen LogP contribution in [0.15, 0.2) is 42.5 Å². The number of rotatable bonds is 7. The van der Waals surface area contributed by atoms with E-state index in [9.17, 15) is 14.4 Å². The van der Waals surface area contributed by atoms with Crippen LogP contribution in [0.25, 0.3) is 11.6 Å². The van der Waals surface area contributed by atoms with Gasteiger partial charge in [0.2, 0.25) is 5.91 Å². The van der Waals surface area contributed by atoms with E-state index in [0.29, 0.717) is 45.2 Å². The molecule has 0 spiro atoms. The van der Waals surface area contributed by atoms with Gasteiger partial charge in [-0.05, 0) is 74.7 Å². The van der Waals surface area contributed by atoms with Crippen LogP contribution in [0.2, 0.25) is 5.02 Å². The van der Waals surface area contributed by atoms with Crippen molar-refractivity contribution in [2.45, 2.75) is 33.2 Å². The summed E-state index contributed by atoms with van der Waals surface area (Å²) in [5, 5.41) is 9.30. The molecule has 4 N–H and O–H groups in total. The SMILES string of the molecule is Cc1[nH]c(/C=C2\C(=O)Nc3ccc(C(=O)N[C@H](C)Cc4ccc(Cl)cc4)cc32)c(C)c1NC(=O)CCl. The summed E-state index contributed by atoms with van der Waals surface area (Å²) in [6.45, 7) is 5.61. The van der Waals surface area contributed by atoms with Crippen LogP contribution < -0.4 is 16.0 Å². The van der Waals surface area contributed by atoms with E-state index in [1.165, 1.54) is 0 Å². The van der Waals surface area contributed by atoms with Gasteiger partial charge in [-0.15, -0.1) is 11.6 Å². The number of H-pyrrole nitrogens is 1. The largest absolute Gasteiger partial charge is 0.357 e. The Labute approximate surface area is 219 Å². The van der Waals surface area contributed by atoms with Crippen LogP contribution in [0.4, 0.5) is 11.4 Å². The predicted molar refractivity (Wildman–Crippen MR) is 145 cm³/mol. The maximum absolute atomic E-state index is 13.0. The zero-order valence-electron chi connectivity index (χ0n) is 20.1. The molecule has 0 bridgehead atoms. The second-order valence-corrected chi connectivity index (χ2v) is 9.53. The van der Waals surface area contributed by atoms with Crippen molar-refractivity contribution in [1.82, 2.24) is 10.3 Å². The van der Waals surface area contributed by atoms with Crippen molar-refractivity contribution in [3.63, 3.8) is 0 Å². The van der Waals surface area contributed by atoms with E-state index in [1.807, 2.05) is 45.0 Å². The Bertz CT molecular complexity index is 1380. The van der Waals surface area contributed by atoms with Crippen LogP contribution in [-0.4, -0.2) is 34.6 Å². The first-order valence-corrected chi connectivity index (χ1v) is 12.3. The lowest BCUT2D eigenvalue weighted by Crippen LogP contribution is -2.34. The minimum Gasteiger partial charge on any atom is -0.357 e. The maximum Gasteiger partial charge on any atom is 0.256 e. The normalized spacial score (nSPS) is 14.4. The lowest BCUT2D eigenvalue weighted by molar-refractivity contribution is -0.114. The predicted octanol–water partition coefficient (Wildman–Crippen LogP) is 5.32. The third-order valence-electron chi connectivity index (χ3n) is 6.05. The van der Waals surface area contributed by atoms with E-state index in [0.717, 1.165) is 16.8 Å². The second kappa shape index (κ2) is 10.6. The first-order valence-electron chi connectivity index (χ1n) is 11.4. The first kappa shape index (κ1) is 25.5. The third-order valence-corrected chi connectivity index (χ3v) is 6.54. The van der Waals surface area contributed by atoms with E-state index in [4.69, 9.17) is 23.2 Å². The first-order chi connectivity index (χ1) is 17.2. The number of anilines is 2. The summed E-state index contributed by atoms with van der Waals surface area (Å²) in [4.78, 5) is 40.7. The Morgan fingerprint density at radius 2 is 1.83 bits per heavy atom. The number of aryl methyl sites for hydroxylation is 1. The van der Waals surface area contributed by atoms with Crippen molar-refractivity contribution in [1.29, 1.82) is 0 Å². The molecule has 1 aliphatic heterocycles. The highest BCUT2D eigenvalue weighted by Crippen LogP contribution is 2.35. The van der Waals surface area contributed by atoms with E-state index in [1.54, 1.807) is 24.3 Å². The molecule has 1 aliphatic rings.